The maximum absolute atomic E-state index is 9.03. The monoisotopic (exact) mass is 288 g/mol. The summed E-state index contributed by atoms with van der Waals surface area (Å²) in [7, 11) is 0. The molecule has 2 aromatic rings. The van der Waals surface area contributed by atoms with Crippen molar-refractivity contribution in [3.05, 3.63) is 40.9 Å². The van der Waals surface area contributed by atoms with Gasteiger partial charge in [-0.15, -0.1) is 12.4 Å². The summed E-state index contributed by atoms with van der Waals surface area (Å²) in [5, 5.41) is 13.8. The molecule has 0 aliphatic heterocycles. The van der Waals surface area contributed by atoms with Crippen LogP contribution in [0.1, 0.15) is 17.4 Å². The molecule has 0 spiro atoms. The molecule has 7 heteroatoms. The van der Waals surface area contributed by atoms with Gasteiger partial charge in [0, 0.05) is 0 Å². The molecule has 0 radical (unpaired) electrons. The normalized spacial score (nSPS) is 12.0. The van der Waals surface area contributed by atoms with Gasteiger partial charge in [-0.3, -0.25) is 0 Å². The van der Waals surface area contributed by atoms with Crippen LogP contribution in [0.3, 0.4) is 0 Å². The van der Waals surface area contributed by atoms with E-state index < -0.39 is 6.04 Å². The van der Waals surface area contributed by atoms with Crippen molar-refractivity contribution in [2.24, 2.45) is 5.73 Å². The van der Waals surface area contributed by atoms with Crippen LogP contribution in [0.25, 0.3) is 5.69 Å². The summed E-state index contributed by atoms with van der Waals surface area (Å²) in [6.45, 7) is 1.69. The molecule has 18 heavy (non-hydrogen) atoms. The molecule has 0 unspecified atom stereocenters. The van der Waals surface area contributed by atoms with E-state index in [0.717, 1.165) is 5.56 Å². The molecule has 0 aliphatic carbocycles. The Morgan fingerprint density at radius 2 is 2.22 bits per heavy atom. The van der Waals surface area contributed by atoms with Gasteiger partial charge in [0.25, 0.3) is 0 Å². The van der Waals surface area contributed by atoms with Gasteiger partial charge >= 0.3 is 0 Å². The van der Waals surface area contributed by atoms with E-state index in [1.807, 2.05) is 0 Å². The minimum Gasteiger partial charge on any atom is -0.394 e. The van der Waals surface area contributed by atoms with Crippen molar-refractivity contribution in [1.82, 2.24) is 14.8 Å². The number of aliphatic hydroxyl groups is 1. The second kappa shape index (κ2) is 6.15. The molecule has 1 aromatic carbocycles. The van der Waals surface area contributed by atoms with E-state index in [9.17, 15) is 0 Å². The highest BCUT2D eigenvalue weighted by Crippen LogP contribution is 2.23. The molecule has 3 N–H and O–H groups in total. The molecule has 98 valence electrons. The third kappa shape index (κ3) is 3.00. The van der Waals surface area contributed by atoms with Gasteiger partial charge in [0.15, 0.2) is 0 Å². The maximum Gasteiger partial charge on any atom is 0.147 e. The first-order valence-corrected chi connectivity index (χ1v) is 5.54. The maximum atomic E-state index is 9.03. The fourth-order valence-corrected chi connectivity index (χ4v) is 1.71. The Balaban J connectivity index is 0.00000162. The largest absolute Gasteiger partial charge is 0.394 e. The zero-order valence-electron chi connectivity index (χ0n) is 9.75. The van der Waals surface area contributed by atoms with E-state index in [4.69, 9.17) is 22.4 Å². The standard InChI is InChI=1S/C11H13ClN4O.ClH/c1-7-14-6-16(15-7)11-4-8(10(13)5-17)2-3-9(11)12;/h2-4,6,10,17H,5,13H2,1H3;1H/t10-;/m1./s1. The lowest BCUT2D eigenvalue weighted by atomic mass is 10.1. The smallest absolute Gasteiger partial charge is 0.147 e. The van der Waals surface area contributed by atoms with Gasteiger partial charge < -0.3 is 10.8 Å². The highest BCUT2D eigenvalue weighted by atomic mass is 35.5. The van der Waals surface area contributed by atoms with Crippen LogP contribution < -0.4 is 5.73 Å². The molecule has 0 saturated heterocycles. The SMILES string of the molecule is Cc1ncn(-c2cc([C@H](N)CO)ccc2Cl)n1.Cl. The molecule has 0 aliphatic rings. The highest BCUT2D eigenvalue weighted by molar-refractivity contribution is 6.32. The van der Waals surface area contributed by atoms with E-state index in [-0.39, 0.29) is 19.0 Å². The number of aryl methyl sites for hydroxylation is 1. The van der Waals surface area contributed by atoms with E-state index in [1.54, 1.807) is 36.1 Å². The fraction of sp³-hybridized carbons (Fsp3) is 0.273. The summed E-state index contributed by atoms with van der Waals surface area (Å²) in [6.07, 6.45) is 1.59. The summed E-state index contributed by atoms with van der Waals surface area (Å²) >= 11 is 6.10. The average Bonchev–Trinajstić information content (AvgIpc) is 2.75. The van der Waals surface area contributed by atoms with Crippen molar-refractivity contribution in [3.8, 4) is 5.69 Å². The number of nitrogens with two attached hydrogens (primary N) is 1. The van der Waals surface area contributed by atoms with Crippen LogP contribution in [-0.2, 0) is 0 Å². The van der Waals surface area contributed by atoms with E-state index in [0.29, 0.717) is 16.5 Å². The van der Waals surface area contributed by atoms with Crippen LogP contribution in [-0.4, -0.2) is 26.5 Å². The Kier molecular flexibility index (Phi) is 5.10. The second-order valence-corrected chi connectivity index (χ2v) is 4.14. The quantitative estimate of drug-likeness (QED) is 0.900. The third-order valence-corrected chi connectivity index (χ3v) is 2.77. The van der Waals surface area contributed by atoms with Gasteiger partial charge in [-0.05, 0) is 24.6 Å². The Morgan fingerprint density at radius 3 is 2.78 bits per heavy atom. The highest BCUT2D eigenvalue weighted by Gasteiger charge is 2.10. The zero-order valence-corrected chi connectivity index (χ0v) is 11.3. The molecule has 1 aromatic heterocycles. The molecule has 0 fully saturated rings. The van der Waals surface area contributed by atoms with Crippen molar-refractivity contribution in [1.29, 1.82) is 0 Å². The minimum atomic E-state index is -0.421. The number of nitrogens with zero attached hydrogens (tertiary/aromatic N) is 3. The molecule has 1 atom stereocenters. The summed E-state index contributed by atoms with van der Waals surface area (Å²) in [6, 6.07) is 4.91. The molecular formula is C11H14Cl2N4O. The molecule has 0 saturated carbocycles. The molecule has 0 bridgehead atoms. The molecule has 5 nitrogen and oxygen atoms in total. The summed E-state index contributed by atoms with van der Waals surface area (Å²) < 4.78 is 1.59. The van der Waals surface area contributed by atoms with E-state index in [1.165, 1.54) is 0 Å². The minimum absolute atomic E-state index is 0. The number of hydrogen-bond donors (Lipinski definition) is 2. The number of rotatable bonds is 3. The predicted molar refractivity (Wildman–Crippen MR) is 72.4 cm³/mol. The van der Waals surface area contributed by atoms with Gasteiger partial charge in [0.05, 0.1) is 23.4 Å². The van der Waals surface area contributed by atoms with Crippen LogP contribution in [0.5, 0.6) is 0 Å². The lowest BCUT2D eigenvalue weighted by Crippen LogP contribution is -2.14. The number of halogens is 2. The van der Waals surface area contributed by atoms with Crippen LogP contribution in [0, 0.1) is 6.92 Å². The average molecular weight is 289 g/mol. The summed E-state index contributed by atoms with van der Waals surface area (Å²) in [4.78, 5) is 4.04. The number of benzene rings is 1. The van der Waals surface area contributed by atoms with Crippen molar-refractivity contribution in [2.45, 2.75) is 13.0 Å². The molecule has 0 amide bonds. The van der Waals surface area contributed by atoms with Crippen LogP contribution in [0.15, 0.2) is 24.5 Å². The molecule has 2 rings (SSSR count). The first kappa shape index (κ1) is 14.9. The second-order valence-electron chi connectivity index (χ2n) is 3.74. The Labute approximate surface area is 116 Å². The predicted octanol–water partition coefficient (Wildman–Crippen LogP) is 1.64. The summed E-state index contributed by atoms with van der Waals surface area (Å²) in [5.74, 6) is 0.665. The van der Waals surface area contributed by atoms with Crippen molar-refractivity contribution < 1.29 is 5.11 Å². The van der Waals surface area contributed by atoms with Gasteiger partial charge in [-0.1, -0.05) is 17.7 Å². The molecule has 1 heterocycles. The van der Waals surface area contributed by atoms with Crippen LogP contribution >= 0.6 is 24.0 Å². The van der Waals surface area contributed by atoms with Gasteiger partial charge in [-0.25, -0.2) is 9.67 Å². The topological polar surface area (TPSA) is 77.0 Å². The first-order valence-electron chi connectivity index (χ1n) is 5.16. The molecular weight excluding hydrogens is 275 g/mol. The summed E-state index contributed by atoms with van der Waals surface area (Å²) in [5.41, 5.74) is 7.27. The van der Waals surface area contributed by atoms with Crippen molar-refractivity contribution >= 4 is 24.0 Å². The third-order valence-electron chi connectivity index (χ3n) is 2.45. The Bertz CT molecular complexity index is 530. The zero-order chi connectivity index (χ0) is 12.4. The van der Waals surface area contributed by atoms with Crippen LogP contribution in [0.2, 0.25) is 5.02 Å². The lowest BCUT2D eigenvalue weighted by Gasteiger charge is -2.11. The van der Waals surface area contributed by atoms with E-state index >= 15 is 0 Å². The number of hydrogen-bond acceptors (Lipinski definition) is 4. The lowest BCUT2D eigenvalue weighted by molar-refractivity contribution is 0.268. The van der Waals surface area contributed by atoms with Crippen molar-refractivity contribution in [2.75, 3.05) is 6.61 Å². The number of aliphatic hydroxyl groups excluding tert-OH is 1. The fourth-order valence-electron chi connectivity index (χ4n) is 1.50. The first-order chi connectivity index (χ1) is 8.11. The van der Waals surface area contributed by atoms with Crippen LogP contribution in [0.4, 0.5) is 0 Å². The van der Waals surface area contributed by atoms with Crippen molar-refractivity contribution in [3.63, 3.8) is 0 Å². The van der Waals surface area contributed by atoms with Gasteiger partial charge in [-0.2, -0.15) is 5.10 Å². The van der Waals surface area contributed by atoms with E-state index in [2.05, 4.69) is 10.1 Å². The Hall–Kier alpha value is -1.14. The van der Waals surface area contributed by atoms with Gasteiger partial charge in [0.1, 0.15) is 12.2 Å². The number of aromatic nitrogens is 3. The van der Waals surface area contributed by atoms with Gasteiger partial charge in [0.2, 0.25) is 0 Å². The Morgan fingerprint density at radius 1 is 1.50 bits per heavy atom.